The van der Waals surface area contributed by atoms with E-state index in [2.05, 4.69) is 0 Å². The van der Waals surface area contributed by atoms with Gasteiger partial charge in [-0.25, -0.2) is 9.18 Å². The summed E-state index contributed by atoms with van der Waals surface area (Å²) in [5, 5.41) is 8.94. The van der Waals surface area contributed by atoms with Gasteiger partial charge >= 0.3 is 5.97 Å². The topological polar surface area (TPSA) is 40.5 Å². The summed E-state index contributed by atoms with van der Waals surface area (Å²) in [6.45, 7) is 2.87. The van der Waals surface area contributed by atoms with Crippen molar-refractivity contribution in [3.63, 3.8) is 0 Å². The Morgan fingerprint density at radius 2 is 2.25 bits per heavy atom. The normalized spacial score (nSPS) is 20.1. The summed E-state index contributed by atoms with van der Waals surface area (Å²) in [7, 11) is 0. The standard InChI is InChI=1S/C12H14FNO2/c1-8-4-9(12(15)16)6-11(5-8)14-3-2-10(13)7-14/h4-6,10H,2-3,7H2,1H3,(H,15,16). The molecule has 4 heteroatoms. The summed E-state index contributed by atoms with van der Waals surface area (Å²) in [6.07, 6.45) is -0.273. The number of nitrogens with zero attached hydrogens (tertiary/aromatic N) is 1. The number of alkyl halides is 1. The van der Waals surface area contributed by atoms with Gasteiger partial charge in [-0.05, 0) is 37.1 Å². The van der Waals surface area contributed by atoms with Crippen molar-refractivity contribution in [2.24, 2.45) is 0 Å². The van der Waals surface area contributed by atoms with Gasteiger partial charge in [-0.3, -0.25) is 0 Å². The summed E-state index contributed by atoms with van der Waals surface area (Å²) in [6, 6.07) is 5.12. The molecular formula is C12H14FNO2. The molecule has 2 rings (SSSR count). The predicted octanol–water partition coefficient (Wildman–Crippen LogP) is 2.24. The zero-order chi connectivity index (χ0) is 11.7. The van der Waals surface area contributed by atoms with Crippen LogP contribution in [0.4, 0.5) is 10.1 Å². The molecule has 1 aromatic carbocycles. The molecular weight excluding hydrogens is 209 g/mol. The Labute approximate surface area is 93.5 Å². The van der Waals surface area contributed by atoms with Gasteiger partial charge in [0.15, 0.2) is 0 Å². The van der Waals surface area contributed by atoms with E-state index in [1.54, 1.807) is 12.1 Å². The van der Waals surface area contributed by atoms with Gasteiger partial charge in [-0.2, -0.15) is 0 Å². The summed E-state index contributed by atoms with van der Waals surface area (Å²) in [5.74, 6) is -0.944. The van der Waals surface area contributed by atoms with Crippen molar-refractivity contribution in [2.45, 2.75) is 19.5 Å². The van der Waals surface area contributed by atoms with E-state index in [-0.39, 0.29) is 5.56 Å². The highest BCUT2D eigenvalue weighted by atomic mass is 19.1. The van der Waals surface area contributed by atoms with Crippen LogP contribution in [0.25, 0.3) is 0 Å². The molecule has 1 aliphatic rings. The summed E-state index contributed by atoms with van der Waals surface area (Å²) < 4.78 is 13.1. The highest BCUT2D eigenvalue weighted by Crippen LogP contribution is 2.24. The third-order valence-electron chi connectivity index (χ3n) is 2.80. The number of halogens is 1. The molecule has 0 saturated carbocycles. The highest BCUT2D eigenvalue weighted by Gasteiger charge is 2.22. The fourth-order valence-electron chi connectivity index (χ4n) is 2.02. The first-order valence-electron chi connectivity index (χ1n) is 5.30. The van der Waals surface area contributed by atoms with Crippen molar-refractivity contribution >= 4 is 11.7 Å². The van der Waals surface area contributed by atoms with Crippen LogP contribution in [0.3, 0.4) is 0 Å². The first-order chi connectivity index (χ1) is 7.56. The van der Waals surface area contributed by atoms with Gasteiger partial charge in [0.2, 0.25) is 0 Å². The summed E-state index contributed by atoms with van der Waals surface area (Å²) in [5.41, 5.74) is 1.95. The molecule has 0 radical (unpaired) electrons. The zero-order valence-corrected chi connectivity index (χ0v) is 9.11. The Kier molecular flexibility index (Phi) is 2.81. The van der Waals surface area contributed by atoms with Gasteiger partial charge in [0, 0.05) is 18.8 Å². The second kappa shape index (κ2) is 4.12. The number of benzene rings is 1. The Morgan fingerprint density at radius 3 is 2.81 bits per heavy atom. The Bertz CT molecular complexity index is 419. The lowest BCUT2D eigenvalue weighted by atomic mass is 10.1. The van der Waals surface area contributed by atoms with Crippen molar-refractivity contribution in [1.82, 2.24) is 0 Å². The van der Waals surface area contributed by atoms with Crippen molar-refractivity contribution in [1.29, 1.82) is 0 Å². The van der Waals surface area contributed by atoms with Crippen LogP contribution in [-0.2, 0) is 0 Å². The average molecular weight is 223 g/mol. The van der Waals surface area contributed by atoms with Crippen LogP contribution in [0.1, 0.15) is 22.3 Å². The van der Waals surface area contributed by atoms with Crippen molar-refractivity contribution in [3.8, 4) is 0 Å². The molecule has 0 amide bonds. The van der Waals surface area contributed by atoms with Crippen LogP contribution in [0.2, 0.25) is 0 Å². The number of carboxylic acid groups (broad SMARTS) is 1. The number of hydrogen-bond donors (Lipinski definition) is 1. The minimum Gasteiger partial charge on any atom is -0.478 e. The highest BCUT2D eigenvalue weighted by molar-refractivity contribution is 5.89. The van der Waals surface area contributed by atoms with Crippen molar-refractivity contribution in [2.75, 3.05) is 18.0 Å². The quantitative estimate of drug-likeness (QED) is 0.835. The van der Waals surface area contributed by atoms with E-state index >= 15 is 0 Å². The largest absolute Gasteiger partial charge is 0.478 e. The van der Waals surface area contributed by atoms with Gasteiger partial charge in [0.05, 0.1) is 5.56 Å². The smallest absolute Gasteiger partial charge is 0.335 e. The van der Waals surface area contributed by atoms with Crippen molar-refractivity contribution < 1.29 is 14.3 Å². The van der Waals surface area contributed by atoms with Crippen LogP contribution in [0.15, 0.2) is 18.2 Å². The van der Waals surface area contributed by atoms with Crippen LogP contribution in [-0.4, -0.2) is 30.3 Å². The van der Waals surface area contributed by atoms with Gasteiger partial charge < -0.3 is 10.0 Å². The first-order valence-corrected chi connectivity index (χ1v) is 5.30. The number of aryl methyl sites for hydroxylation is 1. The SMILES string of the molecule is Cc1cc(C(=O)O)cc(N2CCC(F)C2)c1. The van der Waals surface area contributed by atoms with Gasteiger partial charge in [-0.1, -0.05) is 0 Å². The van der Waals surface area contributed by atoms with E-state index in [4.69, 9.17) is 5.11 Å². The van der Waals surface area contributed by atoms with E-state index < -0.39 is 12.1 Å². The molecule has 1 fully saturated rings. The molecule has 1 heterocycles. The number of anilines is 1. The molecule has 1 atom stereocenters. The van der Waals surface area contributed by atoms with Crippen LogP contribution in [0.5, 0.6) is 0 Å². The summed E-state index contributed by atoms with van der Waals surface area (Å²) >= 11 is 0. The minimum atomic E-state index is -0.944. The van der Waals surface area contributed by atoms with Crippen LogP contribution in [0, 0.1) is 6.92 Å². The third-order valence-corrected chi connectivity index (χ3v) is 2.80. The second-order valence-electron chi connectivity index (χ2n) is 4.19. The number of aromatic carboxylic acids is 1. The molecule has 1 unspecified atom stereocenters. The van der Waals surface area contributed by atoms with Crippen LogP contribution < -0.4 is 4.90 Å². The number of carbonyl (C=O) groups is 1. The molecule has 16 heavy (non-hydrogen) atoms. The molecule has 0 spiro atoms. The molecule has 1 N–H and O–H groups in total. The van der Waals surface area contributed by atoms with E-state index in [0.29, 0.717) is 19.5 Å². The fourth-order valence-corrected chi connectivity index (χ4v) is 2.02. The number of carboxylic acids is 1. The number of rotatable bonds is 2. The second-order valence-corrected chi connectivity index (χ2v) is 4.19. The molecule has 0 aliphatic carbocycles. The molecule has 1 saturated heterocycles. The zero-order valence-electron chi connectivity index (χ0n) is 9.11. The lowest BCUT2D eigenvalue weighted by molar-refractivity contribution is 0.0697. The van der Waals surface area contributed by atoms with E-state index in [1.165, 1.54) is 0 Å². The maximum Gasteiger partial charge on any atom is 0.335 e. The Hall–Kier alpha value is -1.58. The molecule has 1 aliphatic heterocycles. The first kappa shape index (κ1) is 10.9. The summed E-state index contributed by atoms with van der Waals surface area (Å²) in [4.78, 5) is 12.8. The average Bonchev–Trinajstić information content (AvgIpc) is 2.64. The van der Waals surface area contributed by atoms with Gasteiger partial charge in [0.1, 0.15) is 6.17 Å². The minimum absolute atomic E-state index is 0.261. The fraction of sp³-hybridized carbons (Fsp3) is 0.417. The molecule has 0 bridgehead atoms. The predicted molar refractivity (Wildman–Crippen MR) is 59.9 cm³/mol. The lowest BCUT2D eigenvalue weighted by Crippen LogP contribution is -2.20. The number of hydrogen-bond acceptors (Lipinski definition) is 2. The maximum absolute atomic E-state index is 13.1. The lowest BCUT2D eigenvalue weighted by Gasteiger charge is -2.18. The molecule has 86 valence electrons. The Morgan fingerprint density at radius 1 is 1.50 bits per heavy atom. The van der Waals surface area contributed by atoms with Crippen molar-refractivity contribution in [3.05, 3.63) is 29.3 Å². The monoisotopic (exact) mass is 223 g/mol. The van der Waals surface area contributed by atoms with E-state index in [1.807, 2.05) is 17.9 Å². The van der Waals surface area contributed by atoms with E-state index in [0.717, 1.165) is 11.3 Å². The van der Waals surface area contributed by atoms with Crippen LogP contribution >= 0.6 is 0 Å². The van der Waals surface area contributed by atoms with Gasteiger partial charge in [0.25, 0.3) is 0 Å². The van der Waals surface area contributed by atoms with Gasteiger partial charge in [-0.15, -0.1) is 0 Å². The maximum atomic E-state index is 13.1. The Balaban J connectivity index is 2.30. The molecule has 3 nitrogen and oxygen atoms in total. The molecule has 1 aromatic rings. The molecule has 0 aromatic heterocycles. The van der Waals surface area contributed by atoms with E-state index in [9.17, 15) is 9.18 Å². The third kappa shape index (κ3) is 2.15.